The predicted octanol–water partition coefficient (Wildman–Crippen LogP) is 4.69. The molecule has 0 N–H and O–H groups in total. The van der Waals surface area contributed by atoms with Crippen molar-refractivity contribution >= 4 is 34.8 Å². The molecule has 2 heterocycles. The van der Waals surface area contributed by atoms with Crippen LogP contribution in [0.5, 0.6) is 0 Å². The largest absolute Gasteiger partial charge is 0.296 e. The first kappa shape index (κ1) is 18.0. The lowest BCUT2D eigenvalue weighted by molar-refractivity contribution is -0.132. The third-order valence-electron chi connectivity index (χ3n) is 4.43. The van der Waals surface area contributed by atoms with Crippen LogP contribution < -0.4 is 0 Å². The first-order chi connectivity index (χ1) is 11.8. The zero-order valence-corrected chi connectivity index (χ0v) is 14.9. The topological polar surface area (TPSA) is 59.9 Å². The summed E-state index contributed by atoms with van der Waals surface area (Å²) in [7, 11) is 0. The van der Waals surface area contributed by atoms with Gasteiger partial charge < -0.3 is 0 Å². The standard InChI is InChI=1S/C18H15Cl2FN2O2/c1-10(16-13(20)8-11(19)9-23-16)7-15(25)18(21)5-4-14(24)17-12(18)3-2-6-22-17/h2-3,6,8-10H,4-5,7H2,1H3/t10-,18+/m1/s1. The monoisotopic (exact) mass is 380 g/mol. The number of Topliss-reactive ketones (excluding diaryl/α,β-unsaturated/α-hetero) is 2. The maximum Gasteiger partial charge on any atom is 0.196 e. The van der Waals surface area contributed by atoms with Crippen LogP contribution in [0.1, 0.15) is 53.8 Å². The second-order valence-electron chi connectivity index (χ2n) is 6.17. The third kappa shape index (κ3) is 3.31. The van der Waals surface area contributed by atoms with Crippen molar-refractivity contribution in [2.45, 2.75) is 37.8 Å². The van der Waals surface area contributed by atoms with E-state index in [2.05, 4.69) is 9.97 Å². The van der Waals surface area contributed by atoms with Gasteiger partial charge >= 0.3 is 0 Å². The summed E-state index contributed by atoms with van der Waals surface area (Å²) in [6, 6.07) is 4.52. The summed E-state index contributed by atoms with van der Waals surface area (Å²) < 4.78 is 15.6. The van der Waals surface area contributed by atoms with Crippen LogP contribution >= 0.6 is 23.2 Å². The minimum absolute atomic E-state index is 0.0411. The minimum atomic E-state index is -2.22. The summed E-state index contributed by atoms with van der Waals surface area (Å²) in [4.78, 5) is 32.8. The van der Waals surface area contributed by atoms with Crippen molar-refractivity contribution in [2.24, 2.45) is 0 Å². The van der Waals surface area contributed by atoms with Crippen molar-refractivity contribution in [3.05, 3.63) is 57.6 Å². The average molecular weight is 381 g/mol. The molecule has 0 amide bonds. The summed E-state index contributed by atoms with van der Waals surface area (Å²) >= 11 is 12.0. The van der Waals surface area contributed by atoms with Crippen molar-refractivity contribution in [1.29, 1.82) is 0 Å². The van der Waals surface area contributed by atoms with E-state index in [0.717, 1.165) is 0 Å². The van der Waals surface area contributed by atoms with Gasteiger partial charge in [-0.1, -0.05) is 36.2 Å². The molecule has 0 bridgehead atoms. The summed E-state index contributed by atoms with van der Waals surface area (Å²) in [6.45, 7) is 1.75. The molecule has 1 aliphatic rings. The van der Waals surface area contributed by atoms with Crippen molar-refractivity contribution in [1.82, 2.24) is 9.97 Å². The maximum absolute atomic E-state index is 15.6. The van der Waals surface area contributed by atoms with Crippen LogP contribution in [0.3, 0.4) is 0 Å². The molecule has 4 nitrogen and oxygen atoms in total. The second-order valence-corrected chi connectivity index (χ2v) is 7.02. The van der Waals surface area contributed by atoms with Crippen LogP contribution in [0, 0.1) is 0 Å². The molecule has 2 atom stereocenters. The highest BCUT2D eigenvalue weighted by Gasteiger charge is 2.46. The van der Waals surface area contributed by atoms with Gasteiger partial charge in [-0.3, -0.25) is 19.6 Å². The number of nitrogens with zero attached hydrogens (tertiary/aromatic N) is 2. The molecule has 0 saturated heterocycles. The molecule has 1 aliphatic carbocycles. The summed E-state index contributed by atoms with van der Waals surface area (Å²) in [6.07, 6.45) is 2.56. The number of pyridine rings is 2. The van der Waals surface area contributed by atoms with E-state index in [9.17, 15) is 9.59 Å². The van der Waals surface area contributed by atoms with Crippen molar-refractivity contribution in [3.8, 4) is 0 Å². The Labute approximate surface area is 154 Å². The van der Waals surface area contributed by atoms with Crippen LogP contribution in [0.2, 0.25) is 10.0 Å². The number of alkyl halides is 1. The number of ketones is 2. The molecule has 0 fully saturated rings. The highest BCUT2D eigenvalue weighted by atomic mass is 35.5. The molecule has 2 aromatic rings. The Kier molecular flexibility index (Phi) is 4.89. The van der Waals surface area contributed by atoms with Crippen molar-refractivity contribution in [2.75, 3.05) is 0 Å². The fraction of sp³-hybridized carbons (Fsp3) is 0.333. The van der Waals surface area contributed by atoms with Crippen LogP contribution in [0.15, 0.2) is 30.6 Å². The number of rotatable bonds is 4. The van der Waals surface area contributed by atoms with Gasteiger partial charge in [-0.2, -0.15) is 0 Å². The molecule has 0 unspecified atom stereocenters. The van der Waals surface area contributed by atoms with Gasteiger partial charge in [-0.15, -0.1) is 0 Å². The van der Waals surface area contributed by atoms with Crippen LogP contribution in [-0.2, 0) is 10.5 Å². The van der Waals surface area contributed by atoms with E-state index >= 15 is 4.39 Å². The highest BCUT2D eigenvalue weighted by Crippen LogP contribution is 2.41. The molecule has 3 rings (SSSR count). The molecule has 0 aromatic carbocycles. The lowest BCUT2D eigenvalue weighted by Gasteiger charge is -2.30. The fourth-order valence-corrected chi connectivity index (χ4v) is 3.67. The van der Waals surface area contributed by atoms with Crippen molar-refractivity contribution in [3.63, 3.8) is 0 Å². The number of carbonyl (C=O) groups excluding carboxylic acids is 2. The van der Waals surface area contributed by atoms with Crippen LogP contribution in [0.4, 0.5) is 4.39 Å². The molecule has 7 heteroatoms. The molecular formula is C18H15Cl2FN2O2. The Balaban J connectivity index is 1.88. The molecule has 0 radical (unpaired) electrons. The molecule has 0 spiro atoms. The first-order valence-electron chi connectivity index (χ1n) is 7.85. The van der Waals surface area contributed by atoms with E-state index in [0.29, 0.717) is 15.7 Å². The van der Waals surface area contributed by atoms with Gasteiger partial charge in [0.15, 0.2) is 17.2 Å². The van der Waals surface area contributed by atoms with Gasteiger partial charge in [0.1, 0.15) is 5.69 Å². The normalized spacial score (nSPS) is 20.9. The number of carbonyl (C=O) groups is 2. The van der Waals surface area contributed by atoms with Gasteiger partial charge in [-0.25, -0.2) is 4.39 Å². The quantitative estimate of drug-likeness (QED) is 0.771. The average Bonchev–Trinajstić information content (AvgIpc) is 2.58. The Bertz CT molecular complexity index is 859. The van der Waals surface area contributed by atoms with Crippen LogP contribution in [-0.4, -0.2) is 21.5 Å². The molecule has 2 aromatic heterocycles. The maximum atomic E-state index is 15.6. The molecular weight excluding hydrogens is 366 g/mol. The zero-order chi connectivity index (χ0) is 18.2. The first-order valence-corrected chi connectivity index (χ1v) is 8.60. The molecule has 25 heavy (non-hydrogen) atoms. The van der Waals surface area contributed by atoms with Crippen molar-refractivity contribution < 1.29 is 14.0 Å². The van der Waals surface area contributed by atoms with E-state index in [-0.39, 0.29) is 42.2 Å². The smallest absolute Gasteiger partial charge is 0.196 e. The van der Waals surface area contributed by atoms with E-state index in [1.54, 1.807) is 6.92 Å². The lowest BCUT2D eigenvalue weighted by Crippen LogP contribution is -2.38. The third-order valence-corrected chi connectivity index (χ3v) is 4.94. The lowest BCUT2D eigenvalue weighted by atomic mass is 9.77. The Morgan fingerprint density at radius 2 is 2.16 bits per heavy atom. The number of fused-ring (bicyclic) bond motifs is 1. The number of hydrogen-bond donors (Lipinski definition) is 0. The predicted molar refractivity (Wildman–Crippen MR) is 92.9 cm³/mol. The zero-order valence-electron chi connectivity index (χ0n) is 13.4. The van der Waals surface area contributed by atoms with E-state index in [1.807, 2.05) is 0 Å². The van der Waals surface area contributed by atoms with E-state index in [1.165, 1.54) is 30.6 Å². The summed E-state index contributed by atoms with van der Waals surface area (Å²) in [5, 5.41) is 0.724. The van der Waals surface area contributed by atoms with Gasteiger partial charge in [0.2, 0.25) is 0 Å². The highest BCUT2D eigenvalue weighted by molar-refractivity contribution is 6.34. The van der Waals surface area contributed by atoms with E-state index in [4.69, 9.17) is 23.2 Å². The van der Waals surface area contributed by atoms with E-state index < -0.39 is 11.5 Å². The summed E-state index contributed by atoms with van der Waals surface area (Å²) in [5.74, 6) is -1.23. The second kappa shape index (κ2) is 6.81. The van der Waals surface area contributed by atoms with Gasteiger partial charge in [0.25, 0.3) is 0 Å². The minimum Gasteiger partial charge on any atom is -0.296 e. The Morgan fingerprint density at radius 1 is 1.40 bits per heavy atom. The van der Waals surface area contributed by atoms with Crippen LogP contribution in [0.25, 0.3) is 0 Å². The number of halogens is 3. The van der Waals surface area contributed by atoms with Gasteiger partial charge in [0, 0.05) is 43.1 Å². The fourth-order valence-electron chi connectivity index (χ4n) is 3.10. The van der Waals surface area contributed by atoms with Gasteiger partial charge in [0.05, 0.1) is 15.7 Å². The molecule has 0 aliphatic heterocycles. The Morgan fingerprint density at radius 3 is 2.88 bits per heavy atom. The molecule has 0 saturated carbocycles. The number of hydrogen-bond acceptors (Lipinski definition) is 4. The summed E-state index contributed by atoms with van der Waals surface area (Å²) in [5.41, 5.74) is -1.63. The Hall–Kier alpha value is -1.85. The SMILES string of the molecule is C[C@H](CC(=O)[C@]1(F)CCC(=O)c2ncccc21)c1ncc(Cl)cc1Cl. The molecule has 130 valence electrons. The van der Waals surface area contributed by atoms with Gasteiger partial charge in [-0.05, 0) is 12.1 Å². The number of aromatic nitrogens is 2.